The van der Waals surface area contributed by atoms with Gasteiger partial charge in [0.2, 0.25) is 5.78 Å². The average Bonchev–Trinajstić information content (AvgIpc) is 2.80. The molecule has 0 radical (unpaired) electrons. The molecule has 4 nitrogen and oxygen atoms in total. The highest BCUT2D eigenvalue weighted by Crippen LogP contribution is 2.31. The normalized spacial score (nSPS) is 22.0. The van der Waals surface area contributed by atoms with Crippen molar-refractivity contribution in [3.8, 4) is 0 Å². The Labute approximate surface area is 92.4 Å². The van der Waals surface area contributed by atoms with Crippen LogP contribution in [-0.4, -0.2) is 16.7 Å². The second kappa shape index (κ2) is 3.14. The Balaban J connectivity index is 2.08. The van der Waals surface area contributed by atoms with Crippen LogP contribution < -0.4 is 0 Å². The van der Waals surface area contributed by atoms with E-state index < -0.39 is 11.0 Å². The molecule has 0 spiro atoms. The van der Waals surface area contributed by atoms with E-state index in [1.807, 2.05) is 12.1 Å². The lowest BCUT2D eigenvalue weighted by molar-refractivity contribution is -0.503. The smallest absolute Gasteiger partial charge is 0.278 e. The average molecular weight is 217 g/mol. The van der Waals surface area contributed by atoms with Crippen molar-refractivity contribution in [1.29, 1.82) is 0 Å². The summed E-state index contributed by atoms with van der Waals surface area (Å²) in [4.78, 5) is 22.1. The van der Waals surface area contributed by atoms with Gasteiger partial charge in [0, 0.05) is 16.9 Å². The fourth-order valence-corrected chi connectivity index (χ4v) is 2.72. The molecule has 3 rings (SSSR count). The molecule has 0 bridgehead atoms. The third-order valence-corrected chi connectivity index (χ3v) is 3.55. The Kier molecular flexibility index (Phi) is 1.87. The fraction of sp³-hybridized carbons (Fsp3) is 0.417. The number of nitrogens with zero attached hydrogens (tertiary/aromatic N) is 1. The number of ketones is 1. The lowest BCUT2D eigenvalue weighted by Gasteiger charge is -2.02. The number of nitro groups is 1. The SMILES string of the molecule is O=C1c2cc3c(cc2CC1[N+](=O)[O-])CCC3. The van der Waals surface area contributed by atoms with E-state index in [1.165, 1.54) is 11.1 Å². The van der Waals surface area contributed by atoms with Crippen molar-refractivity contribution >= 4 is 5.78 Å². The summed E-state index contributed by atoms with van der Waals surface area (Å²) in [5.74, 6) is -0.310. The van der Waals surface area contributed by atoms with E-state index >= 15 is 0 Å². The molecular weight excluding hydrogens is 206 g/mol. The summed E-state index contributed by atoms with van der Waals surface area (Å²) < 4.78 is 0. The predicted octanol–water partition coefficient (Wildman–Crippen LogP) is 1.56. The Morgan fingerprint density at radius 3 is 2.56 bits per heavy atom. The number of aryl methyl sites for hydroxylation is 2. The minimum absolute atomic E-state index is 0.272. The van der Waals surface area contributed by atoms with Crippen LogP contribution in [-0.2, 0) is 19.3 Å². The number of Topliss-reactive ketones (excluding diaryl/α,β-unsaturated/α-hetero) is 1. The van der Waals surface area contributed by atoms with Gasteiger partial charge in [0.05, 0.1) is 0 Å². The van der Waals surface area contributed by atoms with Gasteiger partial charge in [-0.15, -0.1) is 0 Å². The maximum absolute atomic E-state index is 11.8. The zero-order valence-corrected chi connectivity index (χ0v) is 8.73. The summed E-state index contributed by atoms with van der Waals surface area (Å²) in [5, 5.41) is 10.7. The minimum atomic E-state index is -1.04. The van der Waals surface area contributed by atoms with Gasteiger partial charge in [0.25, 0.3) is 6.04 Å². The molecule has 0 saturated heterocycles. The van der Waals surface area contributed by atoms with Crippen molar-refractivity contribution in [2.75, 3.05) is 0 Å². The predicted molar refractivity (Wildman–Crippen MR) is 57.3 cm³/mol. The van der Waals surface area contributed by atoms with Crippen LogP contribution in [0.4, 0.5) is 0 Å². The van der Waals surface area contributed by atoms with Crippen LogP contribution in [0.2, 0.25) is 0 Å². The number of benzene rings is 1. The molecule has 0 heterocycles. The molecule has 0 aliphatic heterocycles. The molecule has 82 valence electrons. The lowest BCUT2D eigenvalue weighted by atomic mass is 10.0. The van der Waals surface area contributed by atoms with Crippen LogP contribution in [0.1, 0.15) is 33.5 Å². The van der Waals surface area contributed by atoms with E-state index in [0.29, 0.717) is 5.56 Å². The van der Waals surface area contributed by atoms with E-state index in [0.717, 1.165) is 24.8 Å². The van der Waals surface area contributed by atoms with Gasteiger partial charge in [-0.2, -0.15) is 0 Å². The van der Waals surface area contributed by atoms with Crippen LogP contribution in [0.15, 0.2) is 12.1 Å². The summed E-state index contributed by atoms with van der Waals surface area (Å²) in [6.45, 7) is 0. The number of carbonyl (C=O) groups excluding carboxylic acids is 1. The van der Waals surface area contributed by atoms with Crippen molar-refractivity contribution in [2.24, 2.45) is 0 Å². The van der Waals surface area contributed by atoms with Crippen LogP contribution in [0.5, 0.6) is 0 Å². The molecule has 1 atom stereocenters. The molecule has 0 amide bonds. The molecule has 1 aromatic rings. The van der Waals surface area contributed by atoms with E-state index in [1.54, 1.807) is 0 Å². The Bertz CT molecular complexity index is 507. The highest BCUT2D eigenvalue weighted by molar-refractivity contribution is 6.04. The van der Waals surface area contributed by atoms with E-state index in [-0.39, 0.29) is 12.2 Å². The number of hydrogen-bond acceptors (Lipinski definition) is 3. The van der Waals surface area contributed by atoms with Gasteiger partial charge in [-0.3, -0.25) is 14.9 Å². The molecule has 2 aliphatic carbocycles. The number of rotatable bonds is 1. The van der Waals surface area contributed by atoms with Crippen molar-refractivity contribution in [2.45, 2.75) is 31.7 Å². The molecule has 0 saturated carbocycles. The first-order valence-corrected chi connectivity index (χ1v) is 5.49. The summed E-state index contributed by atoms with van der Waals surface area (Å²) in [6.07, 6.45) is 3.44. The van der Waals surface area contributed by atoms with E-state index in [2.05, 4.69) is 0 Å². The largest absolute Gasteiger partial charge is 0.286 e. The monoisotopic (exact) mass is 217 g/mol. The summed E-state index contributed by atoms with van der Waals surface area (Å²) in [6, 6.07) is 2.83. The Hall–Kier alpha value is -1.71. The number of fused-ring (bicyclic) bond motifs is 2. The first kappa shape index (κ1) is 9.51. The number of carbonyl (C=O) groups is 1. The third kappa shape index (κ3) is 1.19. The molecule has 0 aromatic heterocycles. The Morgan fingerprint density at radius 1 is 1.19 bits per heavy atom. The summed E-state index contributed by atoms with van der Waals surface area (Å²) >= 11 is 0. The van der Waals surface area contributed by atoms with Crippen molar-refractivity contribution in [3.63, 3.8) is 0 Å². The zero-order chi connectivity index (χ0) is 11.3. The second-order valence-electron chi connectivity index (χ2n) is 4.50. The first-order chi connectivity index (χ1) is 7.66. The topological polar surface area (TPSA) is 60.2 Å². The summed E-state index contributed by atoms with van der Waals surface area (Å²) in [7, 11) is 0. The molecule has 0 N–H and O–H groups in total. The van der Waals surface area contributed by atoms with E-state index in [9.17, 15) is 14.9 Å². The van der Waals surface area contributed by atoms with Crippen LogP contribution >= 0.6 is 0 Å². The Morgan fingerprint density at radius 2 is 1.88 bits per heavy atom. The van der Waals surface area contributed by atoms with Crippen LogP contribution in [0.25, 0.3) is 0 Å². The first-order valence-electron chi connectivity index (χ1n) is 5.49. The van der Waals surface area contributed by atoms with Crippen molar-refractivity contribution in [3.05, 3.63) is 44.5 Å². The van der Waals surface area contributed by atoms with Crippen LogP contribution in [0.3, 0.4) is 0 Å². The quantitative estimate of drug-likeness (QED) is 0.529. The molecule has 4 heteroatoms. The maximum atomic E-state index is 11.8. The second-order valence-corrected chi connectivity index (χ2v) is 4.50. The van der Waals surface area contributed by atoms with Crippen molar-refractivity contribution < 1.29 is 9.72 Å². The third-order valence-electron chi connectivity index (χ3n) is 3.55. The molecule has 16 heavy (non-hydrogen) atoms. The highest BCUT2D eigenvalue weighted by atomic mass is 16.6. The fourth-order valence-electron chi connectivity index (χ4n) is 2.72. The molecule has 2 aliphatic rings. The maximum Gasteiger partial charge on any atom is 0.278 e. The molecule has 0 fully saturated rings. The van der Waals surface area contributed by atoms with Gasteiger partial charge in [0.15, 0.2) is 0 Å². The minimum Gasteiger partial charge on any atom is -0.286 e. The van der Waals surface area contributed by atoms with Gasteiger partial charge < -0.3 is 0 Å². The van der Waals surface area contributed by atoms with Gasteiger partial charge >= 0.3 is 0 Å². The van der Waals surface area contributed by atoms with Crippen molar-refractivity contribution in [1.82, 2.24) is 0 Å². The summed E-state index contributed by atoms with van der Waals surface area (Å²) in [5.41, 5.74) is 3.93. The molecular formula is C12H11NO3. The van der Waals surface area contributed by atoms with Gasteiger partial charge in [-0.25, -0.2) is 0 Å². The van der Waals surface area contributed by atoms with E-state index in [4.69, 9.17) is 0 Å². The highest BCUT2D eigenvalue weighted by Gasteiger charge is 2.39. The zero-order valence-electron chi connectivity index (χ0n) is 8.73. The van der Waals surface area contributed by atoms with Crippen LogP contribution in [0, 0.1) is 10.1 Å². The van der Waals surface area contributed by atoms with Gasteiger partial charge in [-0.1, -0.05) is 6.07 Å². The standard InChI is InChI=1S/C12H11NO3/c14-12-10-5-8-3-1-2-7(8)4-9(10)6-11(12)13(15)16/h4-5,11H,1-3,6H2. The van der Waals surface area contributed by atoms with Gasteiger partial charge in [0.1, 0.15) is 0 Å². The molecule has 1 aromatic carbocycles. The van der Waals surface area contributed by atoms with Gasteiger partial charge in [-0.05, 0) is 42.0 Å². The lowest BCUT2D eigenvalue weighted by Crippen LogP contribution is -2.25. The molecule has 1 unspecified atom stereocenters. The number of hydrogen-bond donors (Lipinski definition) is 0.